The van der Waals surface area contributed by atoms with Crippen LogP contribution in [0.4, 0.5) is 0 Å². The van der Waals surface area contributed by atoms with E-state index in [9.17, 15) is 0 Å². The molecule has 0 aliphatic carbocycles. The van der Waals surface area contributed by atoms with Gasteiger partial charge >= 0.3 is 0 Å². The molecule has 8 heavy (non-hydrogen) atoms. The first-order valence-electron chi connectivity index (χ1n) is 1.93. The quantitative estimate of drug-likeness (QED) is 0.510. The molecular weight excluding hydrogens is 122 g/mol. The lowest BCUT2D eigenvalue weighted by atomic mass is 10.8. The minimum atomic E-state index is -0.752. The van der Waals surface area contributed by atoms with Crippen LogP contribution in [-0.4, -0.2) is 5.04 Å². The fourth-order valence-corrected chi connectivity index (χ4v) is 0.942. The molecule has 0 aromatic heterocycles. The number of nitrogens with one attached hydrogen (secondary N) is 1. The van der Waals surface area contributed by atoms with E-state index in [1.54, 1.807) is 5.41 Å². The maximum Gasteiger partial charge on any atom is 0.188 e. The van der Waals surface area contributed by atoms with Crippen LogP contribution in [0.25, 0.3) is 0 Å². The van der Waals surface area contributed by atoms with Crippen molar-refractivity contribution in [2.24, 2.45) is 4.99 Å². The third-order valence-corrected chi connectivity index (χ3v) is 1.70. The van der Waals surface area contributed by atoms with Gasteiger partial charge in [-0.25, -0.2) is 4.99 Å². The summed E-state index contributed by atoms with van der Waals surface area (Å²) in [6.45, 7) is 0. The zero-order chi connectivity index (χ0) is 5.98. The first-order valence-corrected chi connectivity index (χ1v) is 3.22. The molecule has 0 radical (unpaired) electrons. The van der Waals surface area contributed by atoms with Crippen molar-refractivity contribution in [1.29, 1.82) is 10.0 Å². The first-order chi connectivity index (χ1) is 3.84. The molecule has 0 aromatic rings. The Morgan fingerprint density at radius 1 is 1.88 bits per heavy atom. The highest BCUT2D eigenvalue weighted by Gasteiger charge is 2.02. The fourth-order valence-electron chi connectivity index (χ4n) is 0.358. The minimum Gasteiger partial charge on any atom is -0.269 e. The summed E-state index contributed by atoms with van der Waals surface area (Å²) in [7, 11) is -0.752. The van der Waals surface area contributed by atoms with Gasteiger partial charge in [-0.2, -0.15) is 5.26 Å². The predicted molar refractivity (Wildman–Crippen MR) is 32.3 cm³/mol. The fraction of sp³-hybridized carbons (Fsp3) is 0. The van der Waals surface area contributed by atoms with Crippen LogP contribution < -0.4 is 0 Å². The Bertz CT molecular complexity index is 220. The van der Waals surface area contributed by atoms with Gasteiger partial charge in [0.2, 0.25) is 0 Å². The van der Waals surface area contributed by atoms with Crippen LogP contribution in [0.1, 0.15) is 0 Å². The van der Waals surface area contributed by atoms with Crippen molar-refractivity contribution >= 4 is 15.7 Å². The van der Waals surface area contributed by atoms with E-state index in [-0.39, 0.29) is 0 Å². The molecule has 0 fully saturated rings. The van der Waals surface area contributed by atoms with Gasteiger partial charge in [0.15, 0.2) is 5.04 Å². The lowest BCUT2D eigenvalue weighted by Crippen LogP contribution is -1.92. The van der Waals surface area contributed by atoms with Gasteiger partial charge in [0, 0.05) is 11.6 Å². The summed E-state index contributed by atoms with van der Waals surface area (Å²) in [4.78, 5) is 3.64. The second kappa shape index (κ2) is 1.88. The Morgan fingerprint density at radius 3 is 2.88 bits per heavy atom. The molecule has 3 nitrogen and oxygen atoms in total. The first kappa shape index (κ1) is 5.19. The lowest BCUT2D eigenvalue weighted by molar-refractivity contribution is 1.54. The van der Waals surface area contributed by atoms with Gasteiger partial charge < -0.3 is 0 Å². The molecule has 1 aliphatic rings. The van der Waals surface area contributed by atoms with E-state index in [4.69, 9.17) is 10.0 Å². The second-order valence-corrected chi connectivity index (χ2v) is 2.50. The van der Waals surface area contributed by atoms with E-state index in [1.807, 2.05) is 6.07 Å². The molecule has 1 unspecified atom stereocenters. The molecule has 1 rings (SSSR count). The van der Waals surface area contributed by atoms with E-state index in [0.717, 1.165) is 0 Å². The average Bonchev–Trinajstić information content (AvgIpc) is 2.14. The Labute approximate surface area is 49.2 Å². The molecule has 4 heteroatoms. The van der Waals surface area contributed by atoms with Crippen LogP contribution in [-0.2, 0) is 10.7 Å². The molecule has 0 saturated heterocycles. The summed E-state index contributed by atoms with van der Waals surface area (Å²) in [5, 5.41) is 10.1. The highest BCUT2D eigenvalue weighted by Crippen LogP contribution is 1.99. The summed E-state index contributed by atoms with van der Waals surface area (Å²) in [6.07, 6.45) is 1.49. The smallest absolute Gasteiger partial charge is 0.188 e. The summed E-state index contributed by atoms with van der Waals surface area (Å²) in [6, 6.07) is 1.83. The van der Waals surface area contributed by atoms with Crippen LogP contribution in [0.2, 0.25) is 0 Å². The lowest BCUT2D eigenvalue weighted by Gasteiger charge is -1.81. The highest BCUT2D eigenvalue weighted by atomic mass is 32.2. The van der Waals surface area contributed by atoms with Crippen molar-refractivity contribution in [2.75, 3.05) is 0 Å². The second-order valence-electron chi connectivity index (χ2n) is 1.17. The molecule has 0 aromatic carbocycles. The highest BCUT2D eigenvalue weighted by molar-refractivity contribution is 8.05. The molecule has 40 valence electrons. The molecular formula is C4H3N3S. The third-order valence-electron chi connectivity index (χ3n) is 0.693. The van der Waals surface area contributed by atoms with Crippen LogP contribution in [0, 0.1) is 16.1 Å². The van der Waals surface area contributed by atoms with E-state index < -0.39 is 10.7 Å². The Hall–Kier alpha value is -0.950. The molecule has 1 N–H and O–H groups in total. The topological polar surface area (TPSA) is 60.0 Å². The largest absolute Gasteiger partial charge is 0.269 e. The van der Waals surface area contributed by atoms with Gasteiger partial charge in [-0.05, 0) is 10.7 Å². The molecule has 1 aliphatic heterocycles. The van der Waals surface area contributed by atoms with Gasteiger partial charge in [0.1, 0.15) is 6.07 Å². The van der Waals surface area contributed by atoms with Gasteiger partial charge in [-0.3, -0.25) is 4.78 Å². The summed E-state index contributed by atoms with van der Waals surface area (Å²) >= 11 is 0. The molecule has 0 spiro atoms. The molecule has 1 atom stereocenters. The average molecular weight is 125 g/mol. The van der Waals surface area contributed by atoms with E-state index in [1.165, 1.54) is 6.20 Å². The third kappa shape index (κ3) is 0.678. The summed E-state index contributed by atoms with van der Waals surface area (Å²) < 4.78 is 7.08. The van der Waals surface area contributed by atoms with Gasteiger partial charge in [0.05, 0.1) is 0 Å². The van der Waals surface area contributed by atoms with Crippen molar-refractivity contribution in [2.45, 2.75) is 0 Å². The predicted octanol–water partition coefficient (Wildman–Crippen LogP) is 0.774. The maximum atomic E-state index is 8.20. The molecule has 0 saturated carbocycles. The van der Waals surface area contributed by atoms with Crippen LogP contribution in [0.15, 0.2) is 16.6 Å². The van der Waals surface area contributed by atoms with Crippen LogP contribution in [0.3, 0.4) is 0 Å². The minimum absolute atomic E-state index is 0.310. The van der Waals surface area contributed by atoms with Crippen molar-refractivity contribution in [1.82, 2.24) is 0 Å². The van der Waals surface area contributed by atoms with Crippen molar-refractivity contribution < 1.29 is 0 Å². The number of aliphatic imine (C=N–C) groups is 1. The number of hydrogen-bond acceptors (Lipinski definition) is 3. The van der Waals surface area contributed by atoms with E-state index in [2.05, 4.69) is 4.99 Å². The van der Waals surface area contributed by atoms with Crippen LogP contribution in [0.5, 0.6) is 0 Å². The van der Waals surface area contributed by atoms with Gasteiger partial charge in [0.25, 0.3) is 0 Å². The van der Waals surface area contributed by atoms with Crippen molar-refractivity contribution in [3.8, 4) is 6.07 Å². The number of nitriles is 1. The normalized spacial score (nSPS) is 24.9. The number of rotatable bonds is 0. The Balaban J connectivity index is 2.93. The summed E-state index contributed by atoms with van der Waals surface area (Å²) in [5.41, 5.74) is 0. The monoisotopic (exact) mass is 125 g/mol. The Morgan fingerprint density at radius 2 is 2.62 bits per heavy atom. The molecule has 1 heterocycles. The van der Waals surface area contributed by atoms with E-state index >= 15 is 0 Å². The van der Waals surface area contributed by atoms with Gasteiger partial charge in [-0.15, -0.1) is 0 Å². The Kier molecular flexibility index (Phi) is 1.22. The zero-order valence-electron chi connectivity index (χ0n) is 3.96. The number of nitrogens with zero attached hydrogens (tertiary/aromatic N) is 2. The molecule has 0 bridgehead atoms. The number of hydrogen-bond donors (Lipinski definition) is 1. The SMILES string of the molecule is N#CC1=NC=CS1=N. The standard InChI is InChI=1S/C4H3N3S/c5-3-4-7-1-2-8(4)6/h1-2,6H. The van der Waals surface area contributed by atoms with Gasteiger partial charge in [-0.1, -0.05) is 0 Å². The van der Waals surface area contributed by atoms with E-state index in [0.29, 0.717) is 5.04 Å². The zero-order valence-corrected chi connectivity index (χ0v) is 4.77. The summed E-state index contributed by atoms with van der Waals surface area (Å²) in [5.74, 6) is 0. The van der Waals surface area contributed by atoms with Crippen molar-refractivity contribution in [3.63, 3.8) is 0 Å². The molecule has 0 amide bonds. The van der Waals surface area contributed by atoms with Crippen molar-refractivity contribution in [3.05, 3.63) is 11.6 Å². The van der Waals surface area contributed by atoms with Crippen LogP contribution >= 0.6 is 0 Å². The maximum absolute atomic E-state index is 8.20.